The van der Waals surface area contributed by atoms with E-state index in [0.29, 0.717) is 49.8 Å². The third kappa shape index (κ3) is 6.21. The number of hydrogen-bond donors (Lipinski definition) is 1. The molecule has 2 aromatic carbocycles. The molecule has 0 unspecified atom stereocenters. The Morgan fingerprint density at radius 3 is 2.44 bits per heavy atom. The van der Waals surface area contributed by atoms with E-state index in [1.165, 1.54) is 5.56 Å². The Hall–Kier alpha value is -5.16. The molecule has 1 fully saturated rings. The van der Waals surface area contributed by atoms with Crippen LogP contribution < -0.4 is 19.9 Å². The van der Waals surface area contributed by atoms with Crippen LogP contribution in [0, 0.1) is 0 Å². The summed E-state index contributed by atoms with van der Waals surface area (Å²) in [7, 11) is 0. The summed E-state index contributed by atoms with van der Waals surface area (Å²) in [6, 6.07) is 19.9. The van der Waals surface area contributed by atoms with E-state index in [-0.39, 0.29) is 0 Å². The first-order valence-electron chi connectivity index (χ1n) is 14.4. The molecule has 0 atom stereocenters. The van der Waals surface area contributed by atoms with Crippen molar-refractivity contribution >= 4 is 23.3 Å². The number of benzene rings is 2. The van der Waals surface area contributed by atoms with Crippen LogP contribution in [0.5, 0.6) is 5.88 Å². The molecule has 43 heavy (non-hydrogen) atoms. The van der Waals surface area contributed by atoms with Crippen LogP contribution in [-0.2, 0) is 24.3 Å². The highest BCUT2D eigenvalue weighted by Gasteiger charge is 2.27. The minimum Gasteiger partial charge on any atom is -0.472 e. The molecule has 0 radical (unpaired) electrons. The van der Waals surface area contributed by atoms with Crippen molar-refractivity contribution < 1.29 is 9.47 Å². The van der Waals surface area contributed by atoms with E-state index in [9.17, 15) is 0 Å². The summed E-state index contributed by atoms with van der Waals surface area (Å²) in [6.45, 7) is 4.89. The second-order valence-electron chi connectivity index (χ2n) is 10.3. The normalized spacial score (nSPS) is 14.7. The van der Waals surface area contributed by atoms with Gasteiger partial charge in [-0.3, -0.25) is 4.98 Å². The Bertz CT molecular complexity index is 1660. The molecule has 11 heteroatoms. The van der Waals surface area contributed by atoms with Gasteiger partial charge in [0.05, 0.1) is 37.8 Å². The van der Waals surface area contributed by atoms with E-state index in [1.54, 1.807) is 24.8 Å². The monoisotopic (exact) mass is 573 g/mol. The fourth-order valence-electron chi connectivity index (χ4n) is 5.26. The van der Waals surface area contributed by atoms with E-state index in [4.69, 9.17) is 19.4 Å². The van der Waals surface area contributed by atoms with Crippen molar-refractivity contribution in [1.82, 2.24) is 29.9 Å². The van der Waals surface area contributed by atoms with Crippen LogP contribution in [-0.4, -0.2) is 62.8 Å². The van der Waals surface area contributed by atoms with Gasteiger partial charge >= 0.3 is 0 Å². The molecule has 7 rings (SSSR count). The molecule has 0 amide bonds. The third-order valence-electron chi connectivity index (χ3n) is 7.45. The first-order chi connectivity index (χ1) is 21.3. The Labute approximate surface area is 249 Å². The van der Waals surface area contributed by atoms with Crippen LogP contribution >= 0.6 is 0 Å². The summed E-state index contributed by atoms with van der Waals surface area (Å²) in [5, 5.41) is 3.32. The zero-order chi connectivity index (χ0) is 28.8. The Morgan fingerprint density at radius 2 is 1.63 bits per heavy atom. The summed E-state index contributed by atoms with van der Waals surface area (Å²) in [6.07, 6.45) is 7.67. The van der Waals surface area contributed by atoms with Crippen molar-refractivity contribution in [3.63, 3.8) is 0 Å². The number of ether oxygens (including phenoxy) is 2. The Kier molecular flexibility index (Phi) is 7.69. The molecule has 11 nitrogen and oxygen atoms in total. The average molecular weight is 574 g/mol. The quantitative estimate of drug-likeness (QED) is 0.284. The van der Waals surface area contributed by atoms with Gasteiger partial charge in [0.2, 0.25) is 11.8 Å². The molecule has 1 N–H and O–H groups in total. The van der Waals surface area contributed by atoms with Crippen molar-refractivity contribution in [1.29, 1.82) is 0 Å². The molecule has 2 aliphatic rings. The van der Waals surface area contributed by atoms with Crippen LogP contribution in [0.2, 0.25) is 0 Å². The van der Waals surface area contributed by atoms with Gasteiger partial charge in [0.25, 0.3) is 0 Å². The maximum atomic E-state index is 5.84. The molecule has 5 heterocycles. The lowest BCUT2D eigenvalue weighted by Crippen LogP contribution is -2.39. The number of aromatic nitrogens is 6. The second kappa shape index (κ2) is 12.4. The fraction of sp³-hybridized carbons (Fsp3) is 0.250. The average Bonchev–Trinajstić information content (AvgIpc) is 3.08. The summed E-state index contributed by atoms with van der Waals surface area (Å²) in [5.74, 6) is 3.47. The van der Waals surface area contributed by atoms with Gasteiger partial charge in [0.1, 0.15) is 12.4 Å². The molecule has 1 saturated heterocycles. The Morgan fingerprint density at radius 1 is 0.814 bits per heavy atom. The van der Waals surface area contributed by atoms with E-state index >= 15 is 0 Å². The minimum atomic E-state index is 0.428. The number of rotatable bonds is 8. The van der Waals surface area contributed by atoms with Gasteiger partial charge in [-0.25, -0.2) is 19.9 Å². The molecule has 0 spiro atoms. The van der Waals surface area contributed by atoms with Crippen LogP contribution in [0.15, 0.2) is 85.5 Å². The highest BCUT2D eigenvalue weighted by Crippen LogP contribution is 2.31. The van der Waals surface area contributed by atoms with Gasteiger partial charge in [-0.2, -0.15) is 4.98 Å². The van der Waals surface area contributed by atoms with E-state index in [2.05, 4.69) is 35.1 Å². The molecule has 0 saturated carbocycles. The lowest BCUT2D eigenvalue weighted by molar-refractivity contribution is 0.122. The van der Waals surface area contributed by atoms with Crippen molar-refractivity contribution in [2.24, 2.45) is 0 Å². The molecule has 3 aromatic heterocycles. The largest absolute Gasteiger partial charge is 0.472 e. The summed E-state index contributed by atoms with van der Waals surface area (Å²) in [4.78, 5) is 32.4. The molecule has 2 aliphatic heterocycles. The predicted octanol–water partition coefficient (Wildman–Crippen LogP) is 4.45. The van der Waals surface area contributed by atoms with Crippen LogP contribution in [0.3, 0.4) is 0 Å². The number of nitrogens with one attached hydrogen (secondary N) is 1. The van der Waals surface area contributed by atoms with Crippen molar-refractivity contribution in [2.75, 3.05) is 48.0 Å². The highest BCUT2D eigenvalue weighted by atomic mass is 16.5. The SMILES string of the molecule is c1ccc(COc2cncc(Nc3ccc(-c4nc5c(c(N6CCOCC6)n4)CCN(c4ncccn4)C5)cc3)n2)cc1. The summed E-state index contributed by atoms with van der Waals surface area (Å²) in [5.41, 5.74) is 5.08. The second-order valence-corrected chi connectivity index (χ2v) is 10.3. The maximum Gasteiger partial charge on any atom is 0.234 e. The number of hydrogen-bond acceptors (Lipinski definition) is 11. The zero-order valence-electron chi connectivity index (χ0n) is 23.6. The van der Waals surface area contributed by atoms with E-state index in [0.717, 1.165) is 54.4 Å². The number of morpholine rings is 1. The number of fused-ring (bicyclic) bond motifs is 1. The van der Waals surface area contributed by atoms with Crippen molar-refractivity contribution in [3.05, 3.63) is 102 Å². The fourth-order valence-corrected chi connectivity index (χ4v) is 5.26. The molecule has 216 valence electrons. The highest BCUT2D eigenvalue weighted by molar-refractivity contribution is 5.66. The zero-order valence-corrected chi connectivity index (χ0v) is 23.6. The van der Waals surface area contributed by atoms with Gasteiger partial charge in [-0.05, 0) is 42.3 Å². The van der Waals surface area contributed by atoms with Gasteiger partial charge in [-0.1, -0.05) is 30.3 Å². The van der Waals surface area contributed by atoms with Gasteiger partial charge < -0.3 is 24.6 Å². The van der Waals surface area contributed by atoms with Crippen LogP contribution in [0.25, 0.3) is 11.4 Å². The Balaban J connectivity index is 1.11. The predicted molar refractivity (Wildman–Crippen MR) is 163 cm³/mol. The lowest BCUT2D eigenvalue weighted by atomic mass is 10.0. The van der Waals surface area contributed by atoms with Gasteiger partial charge in [-0.15, -0.1) is 0 Å². The first-order valence-corrected chi connectivity index (χ1v) is 14.4. The molecule has 5 aromatic rings. The van der Waals surface area contributed by atoms with Crippen molar-refractivity contribution in [2.45, 2.75) is 19.6 Å². The van der Waals surface area contributed by atoms with Gasteiger partial charge in [0, 0.05) is 48.8 Å². The topological polar surface area (TPSA) is 114 Å². The minimum absolute atomic E-state index is 0.428. The molecular weight excluding hydrogens is 542 g/mol. The number of nitrogens with zero attached hydrogens (tertiary/aromatic N) is 8. The van der Waals surface area contributed by atoms with Crippen molar-refractivity contribution in [3.8, 4) is 17.3 Å². The van der Waals surface area contributed by atoms with E-state index < -0.39 is 0 Å². The molecular formula is C32H31N9O2. The van der Waals surface area contributed by atoms with E-state index in [1.807, 2.05) is 60.7 Å². The first kappa shape index (κ1) is 26.7. The third-order valence-corrected chi connectivity index (χ3v) is 7.45. The maximum absolute atomic E-state index is 5.84. The molecule has 0 aliphatic carbocycles. The standard InChI is InChI=1S/C32H31N9O2/c1-2-5-23(6-3-1)22-43-29-20-33-19-28(38-29)36-25-9-7-24(8-10-25)30-37-27-21-41(32-34-12-4-13-35-32)14-11-26(27)31(39-30)40-15-17-42-18-16-40/h1-10,12-13,19-20H,11,14-18,21-22H2,(H,36,38). The van der Waals surface area contributed by atoms with Gasteiger partial charge in [0.15, 0.2) is 11.6 Å². The smallest absolute Gasteiger partial charge is 0.234 e. The summed E-state index contributed by atoms with van der Waals surface area (Å²) >= 11 is 0. The summed E-state index contributed by atoms with van der Waals surface area (Å²) < 4.78 is 11.5. The lowest BCUT2D eigenvalue weighted by Gasteiger charge is -2.34. The van der Waals surface area contributed by atoms with Crippen LogP contribution in [0.1, 0.15) is 16.8 Å². The number of anilines is 4. The molecule has 0 bridgehead atoms. The van der Waals surface area contributed by atoms with Crippen LogP contribution in [0.4, 0.5) is 23.3 Å².